The summed E-state index contributed by atoms with van der Waals surface area (Å²) in [4.78, 5) is 0. The Balaban J connectivity index is 1.87. The lowest BCUT2D eigenvalue weighted by Crippen LogP contribution is -2.46. The van der Waals surface area contributed by atoms with Crippen LogP contribution >= 0.6 is 0 Å². The van der Waals surface area contributed by atoms with Crippen molar-refractivity contribution in [3.63, 3.8) is 0 Å². The largest absolute Gasteiger partial charge is 0.453 e. The molecule has 4 heteroatoms. The van der Waals surface area contributed by atoms with Gasteiger partial charge in [0, 0.05) is 11.4 Å². The Kier molecular flexibility index (Phi) is 6.27. The zero-order valence-corrected chi connectivity index (χ0v) is 19.3. The molecule has 0 aliphatic carbocycles. The topological polar surface area (TPSA) is 70.5 Å². The Morgan fingerprint density at radius 1 is 0.606 bits per heavy atom. The lowest BCUT2D eigenvalue weighted by atomic mass is 9.75. The Bertz CT molecular complexity index is 1130. The van der Waals surface area contributed by atoms with Crippen LogP contribution in [0.1, 0.15) is 29.2 Å². The highest BCUT2D eigenvalue weighted by molar-refractivity contribution is 5.49. The third-order valence-corrected chi connectivity index (χ3v) is 6.08. The highest BCUT2D eigenvalue weighted by Gasteiger charge is 2.42. The first kappa shape index (κ1) is 22.3. The van der Waals surface area contributed by atoms with E-state index in [-0.39, 0.29) is 0 Å². The van der Waals surface area contributed by atoms with E-state index < -0.39 is 11.7 Å². The van der Waals surface area contributed by atoms with Gasteiger partial charge in [0.1, 0.15) is 11.5 Å². The van der Waals surface area contributed by atoms with Crippen LogP contribution in [-0.4, -0.2) is 6.29 Å². The number of hydrogen-bond acceptors (Lipinski definition) is 4. The molecule has 4 nitrogen and oxygen atoms in total. The summed E-state index contributed by atoms with van der Waals surface area (Å²) in [6.45, 7) is 6.13. The van der Waals surface area contributed by atoms with Crippen LogP contribution < -0.4 is 20.9 Å². The van der Waals surface area contributed by atoms with Crippen molar-refractivity contribution < 1.29 is 9.47 Å². The summed E-state index contributed by atoms with van der Waals surface area (Å²) < 4.78 is 13.3. The van der Waals surface area contributed by atoms with Gasteiger partial charge in [0.05, 0.1) is 5.41 Å². The van der Waals surface area contributed by atoms with Crippen LogP contribution in [0.15, 0.2) is 97.1 Å². The van der Waals surface area contributed by atoms with Crippen molar-refractivity contribution in [2.75, 3.05) is 11.5 Å². The molecule has 0 aliphatic rings. The van der Waals surface area contributed by atoms with Crippen LogP contribution in [0.3, 0.4) is 0 Å². The van der Waals surface area contributed by atoms with E-state index in [1.54, 1.807) is 0 Å². The second kappa shape index (κ2) is 9.29. The normalized spacial score (nSPS) is 11.4. The molecule has 0 aliphatic heterocycles. The molecule has 4 aromatic rings. The number of nitrogen functional groups attached to an aromatic ring is 2. The maximum absolute atomic E-state index is 6.65. The third kappa shape index (κ3) is 4.65. The second-order valence-electron chi connectivity index (χ2n) is 8.55. The Hall–Kier alpha value is -3.92. The molecule has 0 radical (unpaired) electrons. The molecular weight excluding hydrogens is 408 g/mol. The molecule has 4 aromatic carbocycles. The highest BCUT2D eigenvalue weighted by Crippen LogP contribution is 2.39. The van der Waals surface area contributed by atoms with Crippen LogP contribution in [0.5, 0.6) is 11.5 Å². The lowest BCUT2D eigenvalue weighted by molar-refractivity contribution is -0.0401. The Morgan fingerprint density at radius 3 is 1.36 bits per heavy atom. The number of anilines is 2. The molecule has 0 aromatic heterocycles. The SMILES string of the molecule is Cc1cc(N)ccc1OC(Oc1ccc(N)cc1C)C(C)(c1ccccc1)c1ccccc1. The smallest absolute Gasteiger partial charge is 0.254 e. The molecule has 0 spiro atoms. The van der Waals surface area contributed by atoms with E-state index in [9.17, 15) is 0 Å². The van der Waals surface area contributed by atoms with Gasteiger partial charge < -0.3 is 20.9 Å². The summed E-state index contributed by atoms with van der Waals surface area (Å²) in [5, 5.41) is 0. The van der Waals surface area contributed by atoms with Gasteiger partial charge in [-0.15, -0.1) is 0 Å². The molecule has 33 heavy (non-hydrogen) atoms. The van der Waals surface area contributed by atoms with Crippen molar-refractivity contribution in [1.29, 1.82) is 0 Å². The van der Waals surface area contributed by atoms with E-state index in [4.69, 9.17) is 20.9 Å². The van der Waals surface area contributed by atoms with Gasteiger partial charge in [-0.2, -0.15) is 0 Å². The first-order valence-corrected chi connectivity index (χ1v) is 11.0. The van der Waals surface area contributed by atoms with Crippen LogP contribution in [0.2, 0.25) is 0 Å². The summed E-state index contributed by atoms with van der Waals surface area (Å²) in [6.07, 6.45) is -0.674. The van der Waals surface area contributed by atoms with Crippen molar-refractivity contribution in [2.24, 2.45) is 0 Å². The van der Waals surface area contributed by atoms with Crippen molar-refractivity contribution in [2.45, 2.75) is 32.5 Å². The number of rotatable bonds is 7. The van der Waals surface area contributed by atoms with E-state index in [0.29, 0.717) is 11.4 Å². The minimum Gasteiger partial charge on any atom is -0.453 e. The zero-order chi connectivity index (χ0) is 23.4. The monoisotopic (exact) mass is 438 g/mol. The van der Waals surface area contributed by atoms with Crippen molar-refractivity contribution in [1.82, 2.24) is 0 Å². The predicted molar refractivity (Wildman–Crippen MR) is 136 cm³/mol. The van der Waals surface area contributed by atoms with Crippen LogP contribution in [0.25, 0.3) is 0 Å². The van der Waals surface area contributed by atoms with Gasteiger partial charge >= 0.3 is 0 Å². The lowest BCUT2D eigenvalue weighted by Gasteiger charge is -2.39. The summed E-state index contributed by atoms with van der Waals surface area (Å²) in [5.41, 5.74) is 16.8. The molecule has 4 N–H and O–H groups in total. The van der Waals surface area contributed by atoms with E-state index in [1.807, 2.05) is 86.6 Å². The van der Waals surface area contributed by atoms with Crippen LogP contribution in [-0.2, 0) is 5.41 Å². The molecule has 0 unspecified atom stereocenters. The van der Waals surface area contributed by atoms with Gasteiger partial charge in [-0.25, -0.2) is 0 Å². The molecule has 0 amide bonds. The van der Waals surface area contributed by atoms with Crippen molar-refractivity contribution in [3.8, 4) is 11.5 Å². The Labute approximate surface area is 195 Å². The summed E-state index contributed by atoms with van der Waals surface area (Å²) >= 11 is 0. The molecule has 0 heterocycles. The molecule has 0 saturated carbocycles. The number of ether oxygens (including phenoxy) is 2. The standard InChI is InChI=1S/C29H30N2O2/c1-20-18-24(30)14-16-26(20)32-28(33-27-17-15-25(31)19-21(27)2)29(3,22-10-6-4-7-11-22)23-12-8-5-9-13-23/h4-19,28H,30-31H2,1-3H3. The zero-order valence-electron chi connectivity index (χ0n) is 19.3. The van der Waals surface area contributed by atoms with Gasteiger partial charge in [0.15, 0.2) is 0 Å². The quantitative estimate of drug-likeness (QED) is 0.264. The van der Waals surface area contributed by atoms with Crippen LogP contribution in [0, 0.1) is 13.8 Å². The molecular formula is C29H30N2O2. The van der Waals surface area contributed by atoms with Crippen LogP contribution in [0.4, 0.5) is 11.4 Å². The summed E-state index contributed by atoms with van der Waals surface area (Å²) in [6, 6.07) is 31.9. The molecule has 0 atom stereocenters. The van der Waals surface area contributed by atoms with Gasteiger partial charge in [-0.1, -0.05) is 60.7 Å². The predicted octanol–water partition coefficient (Wildman–Crippen LogP) is 6.26. The highest BCUT2D eigenvalue weighted by atomic mass is 16.7. The molecule has 0 bridgehead atoms. The number of hydrogen-bond donors (Lipinski definition) is 2. The van der Waals surface area contributed by atoms with Crippen molar-refractivity contribution in [3.05, 3.63) is 119 Å². The minimum atomic E-state index is -0.674. The fraction of sp³-hybridized carbons (Fsp3) is 0.172. The molecule has 168 valence electrons. The summed E-state index contributed by atoms with van der Waals surface area (Å²) in [7, 11) is 0. The molecule has 4 rings (SSSR count). The van der Waals surface area contributed by atoms with Gasteiger partial charge in [0.25, 0.3) is 6.29 Å². The Morgan fingerprint density at radius 2 is 1.00 bits per heavy atom. The maximum atomic E-state index is 6.65. The minimum absolute atomic E-state index is 0.621. The number of benzene rings is 4. The van der Waals surface area contributed by atoms with E-state index >= 15 is 0 Å². The number of aryl methyl sites for hydroxylation is 2. The summed E-state index contributed by atoms with van der Waals surface area (Å²) in [5.74, 6) is 1.45. The first-order valence-electron chi connectivity index (χ1n) is 11.0. The van der Waals surface area contributed by atoms with E-state index in [2.05, 4.69) is 31.2 Å². The van der Waals surface area contributed by atoms with E-state index in [0.717, 1.165) is 33.8 Å². The maximum Gasteiger partial charge on any atom is 0.254 e. The van der Waals surface area contributed by atoms with Gasteiger partial charge in [-0.05, 0) is 79.4 Å². The van der Waals surface area contributed by atoms with Crippen molar-refractivity contribution >= 4 is 11.4 Å². The molecule has 0 saturated heterocycles. The first-order chi connectivity index (χ1) is 15.9. The van der Waals surface area contributed by atoms with Gasteiger partial charge in [0.2, 0.25) is 0 Å². The fourth-order valence-electron chi connectivity index (χ4n) is 4.11. The average Bonchev–Trinajstić information content (AvgIpc) is 2.82. The average molecular weight is 439 g/mol. The third-order valence-electron chi connectivity index (χ3n) is 6.08. The van der Waals surface area contributed by atoms with Gasteiger partial charge in [-0.3, -0.25) is 0 Å². The molecule has 0 fully saturated rings. The van der Waals surface area contributed by atoms with E-state index in [1.165, 1.54) is 0 Å². The number of nitrogens with two attached hydrogens (primary N) is 2. The second-order valence-corrected chi connectivity index (χ2v) is 8.55. The fourth-order valence-corrected chi connectivity index (χ4v) is 4.11.